The number of halogens is 1. The van der Waals surface area contributed by atoms with Crippen LogP contribution in [0.2, 0.25) is 5.02 Å². The van der Waals surface area contributed by atoms with Crippen molar-refractivity contribution < 1.29 is 0 Å². The number of aromatic nitrogens is 2. The molecule has 18 heavy (non-hydrogen) atoms. The third-order valence-corrected chi connectivity index (χ3v) is 2.67. The highest BCUT2D eigenvalue weighted by Crippen LogP contribution is 2.23. The minimum absolute atomic E-state index is 0.497. The molecular formula is C13H15ClN4. The summed E-state index contributed by atoms with van der Waals surface area (Å²) in [7, 11) is 0. The third kappa shape index (κ3) is 3.11. The first kappa shape index (κ1) is 12.6. The normalized spacial score (nSPS) is 10.2. The van der Waals surface area contributed by atoms with E-state index in [2.05, 4.69) is 20.6 Å². The van der Waals surface area contributed by atoms with Crippen molar-refractivity contribution in [2.24, 2.45) is 0 Å². The average Bonchev–Trinajstić information content (AvgIpc) is 2.36. The van der Waals surface area contributed by atoms with E-state index >= 15 is 0 Å². The summed E-state index contributed by atoms with van der Waals surface area (Å²) in [5.74, 6) is 1.17. The Morgan fingerprint density at radius 3 is 2.61 bits per heavy atom. The minimum atomic E-state index is 0.497. The molecule has 0 saturated carbocycles. The van der Waals surface area contributed by atoms with Crippen LogP contribution in [-0.4, -0.2) is 16.5 Å². The molecule has 94 valence electrons. The van der Waals surface area contributed by atoms with E-state index in [0.717, 1.165) is 12.2 Å². The zero-order valence-corrected chi connectivity index (χ0v) is 11.1. The highest BCUT2D eigenvalue weighted by molar-refractivity contribution is 6.32. The summed E-state index contributed by atoms with van der Waals surface area (Å²) in [5, 5.41) is 6.72. The molecule has 0 aliphatic heterocycles. The van der Waals surface area contributed by atoms with Gasteiger partial charge in [-0.3, -0.25) is 0 Å². The molecule has 0 unspecified atom stereocenters. The van der Waals surface area contributed by atoms with Crippen molar-refractivity contribution in [1.82, 2.24) is 9.97 Å². The maximum Gasteiger partial charge on any atom is 0.224 e. The lowest BCUT2D eigenvalue weighted by molar-refractivity contribution is 1.09. The Bertz CT molecular complexity index is 525. The minimum Gasteiger partial charge on any atom is -0.354 e. The monoisotopic (exact) mass is 262 g/mol. The van der Waals surface area contributed by atoms with Crippen LogP contribution in [-0.2, 0) is 0 Å². The lowest BCUT2D eigenvalue weighted by Gasteiger charge is -2.09. The first-order valence-corrected chi connectivity index (χ1v) is 6.17. The van der Waals surface area contributed by atoms with Gasteiger partial charge in [0.25, 0.3) is 0 Å². The summed E-state index contributed by atoms with van der Waals surface area (Å²) in [6.45, 7) is 4.81. The number of nitrogens with one attached hydrogen (secondary N) is 2. The molecule has 0 amide bonds. The van der Waals surface area contributed by atoms with Crippen molar-refractivity contribution in [2.45, 2.75) is 13.8 Å². The molecule has 1 heterocycles. The molecule has 0 aliphatic rings. The zero-order valence-electron chi connectivity index (χ0n) is 10.4. The van der Waals surface area contributed by atoms with Crippen LogP contribution in [0.25, 0.3) is 0 Å². The van der Waals surface area contributed by atoms with Gasteiger partial charge in [-0.2, -0.15) is 4.98 Å². The molecule has 0 bridgehead atoms. The first-order chi connectivity index (χ1) is 8.69. The van der Waals surface area contributed by atoms with Crippen LogP contribution < -0.4 is 10.6 Å². The highest BCUT2D eigenvalue weighted by atomic mass is 35.5. The zero-order chi connectivity index (χ0) is 13.0. The Kier molecular flexibility index (Phi) is 3.99. The summed E-state index contributed by atoms with van der Waals surface area (Å²) in [6.07, 6.45) is 1.59. The molecule has 0 atom stereocenters. The molecule has 2 N–H and O–H groups in total. The quantitative estimate of drug-likeness (QED) is 0.884. The van der Waals surface area contributed by atoms with Crippen LogP contribution in [0.1, 0.15) is 12.5 Å². The van der Waals surface area contributed by atoms with Gasteiger partial charge in [0.05, 0.1) is 6.20 Å². The Hall–Kier alpha value is -1.81. The number of nitrogens with zero attached hydrogens (tertiary/aromatic N) is 2. The fourth-order valence-corrected chi connectivity index (χ4v) is 1.61. The van der Waals surface area contributed by atoms with E-state index < -0.39 is 0 Å². The molecule has 5 heteroatoms. The molecule has 2 rings (SSSR count). The number of rotatable bonds is 4. The van der Waals surface area contributed by atoms with Gasteiger partial charge in [0, 0.05) is 12.2 Å². The maximum atomic E-state index is 6.06. The van der Waals surface area contributed by atoms with Gasteiger partial charge < -0.3 is 10.6 Å². The van der Waals surface area contributed by atoms with Gasteiger partial charge in [-0.15, -0.1) is 0 Å². The van der Waals surface area contributed by atoms with Gasteiger partial charge in [-0.1, -0.05) is 29.3 Å². The topological polar surface area (TPSA) is 49.8 Å². The molecule has 4 nitrogen and oxygen atoms in total. The lowest BCUT2D eigenvalue weighted by Crippen LogP contribution is -2.04. The van der Waals surface area contributed by atoms with Crippen molar-refractivity contribution in [3.63, 3.8) is 0 Å². The summed E-state index contributed by atoms with van der Waals surface area (Å²) in [6, 6.07) is 8.03. The number of hydrogen-bond acceptors (Lipinski definition) is 4. The molecule has 0 fully saturated rings. The average molecular weight is 263 g/mol. The van der Waals surface area contributed by atoms with Crippen LogP contribution in [0.4, 0.5) is 17.5 Å². The van der Waals surface area contributed by atoms with Crippen LogP contribution in [0, 0.1) is 6.92 Å². The van der Waals surface area contributed by atoms with Gasteiger partial charge in [0.15, 0.2) is 5.82 Å². The Morgan fingerprint density at radius 1 is 1.22 bits per heavy atom. The van der Waals surface area contributed by atoms with E-state index in [4.69, 9.17) is 11.6 Å². The predicted octanol–water partition coefficient (Wildman–Crippen LogP) is 3.61. The second-order valence-electron chi connectivity index (χ2n) is 3.91. The number of anilines is 3. The maximum absolute atomic E-state index is 6.06. The summed E-state index contributed by atoms with van der Waals surface area (Å²) < 4.78 is 0. The van der Waals surface area contributed by atoms with Gasteiger partial charge in [0.1, 0.15) is 5.02 Å². The molecule has 0 aliphatic carbocycles. The summed E-state index contributed by atoms with van der Waals surface area (Å²) in [4.78, 5) is 8.40. The third-order valence-electron chi connectivity index (χ3n) is 2.39. The number of hydrogen-bond donors (Lipinski definition) is 2. The standard InChI is InChI=1S/C13H15ClN4/c1-3-15-13-16-8-11(14)12(18-13)17-10-6-4-9(2)5-7-10/h4-8H,3H2,1-2H3,(H2,15,16,17,18). The van der Waals surface area contributed by atoms with Crippen LogP contribution in [0.3, 0.4) is 0 Å². The Balaban J connectivity index is 2.22. The number of aryl methyl sites for hydroxylation is 1. The SMILES string of the molecule is CCNc1ncc(Cl)c(Nc2ccc(C)cc2)n1. The van der Waals surface area contributed by atoms with E-state index in [1.54, 1.807) is 6.20 Å². The smallest absolute Gasteiger partial charge is 0.224 e. The predicted molar refractivity (Wildman–Crippen MR) is 75.7 cm³/mol. The van der Waals surface area contributed by atoms with Crippen molar-refractivity contribution >= 4 is 29.1 Å². The van der Waals surface area contributed by atoms with Crippen molar-refractivity contribution in [3.8, 4) is 0 Å². The fraction of sp³-hybridized carbons (Fsp3) is 0.231. The second kappa shape index (κ2) is 5.69. The largest absolute Gasteiger partial charge is 0.354 e. The number of benzene rings is 1. The summed E-state index contributed by atoms with van der Waals surface area (Å²) in [5.41, 5.74) is 2.16. The fourth-order valence-electron chi connectivity index (χ4n) is 1.47. The molecule has 0 spiro atoms. The van der Waals surface area contributed by atoms with E-state index in [1.807, 2.05) is 38.1 Å². The van der Waals surface area contributed by atoms with Gasteiger partial charge in [0.2, 0.25) is 5.95 Å². The molecule has 1 aromatic heterocycles. The van der Waals surface area contributed by atoms with Crippen molar-refractivity contribution in [1.29, 1.82) is 0 Å². The molecular weight excluding hydrogens is 248 g/mol. The molecule has 2 aromatic rings. The van der Waals surface area contributed by atoms with Gasteiger partial charge in [-0.05, 0) is 26.0 Å². The van der Waals surface area contributed by atoms with Gasteiger partial charge >= 0.3 is 0 Å². The second-order valence-corrected chi connectivity index (χ2v) is 4.32. The van der Waals surface area contributed by atoms with E-state index in [-0.39, 0.29) is 0 Å². The molecule has 1 aromatic carbocycles. The molecule has 0 radical (unpaired) electrons. The van der Waals surface area contributed by atoms with Crippen LogP contribution >= 0.6 is 11.6 Å². The first-order valence-electron chi connectivity index (χ1n) is 5.79. The highest BCUT2D eigenvalue weighted by Gasteiger charge is 2.05. The Labute approximate surface area is 111 Å². The van der Waals surface area contributed by atoms with E-state index in [9.17, 15) is 0 Å². The van der Waals surface area contributed by atoms with Crippen molar-refractivity contribution in [3.05, 3.63) is 41.0 Å². The molecule has 0 saturated heterocycles. The van der Waals surface area contributed by atoms with Crippen LogP contribution in [0.15, 0.2) is 30.5 Å². The Morgan fingerprint density at radius 2 is 1.94 bits per heavy atom. The van der Waals surface area contributed by atoms with E-state index in [0.29, 0.717) is 16.8 Å². The van der Waals surface area contributed by atoms with Gasteiger partial charge in [-0.25, -0.2) is 4.98 Å². The van der Waals surface area contributed by atoms with E-state index in [1.165, 1.54) is 5.56 Å². The van der Waals surface area contributed by atoms with Crippen molar-refractivity contribution in [2.75, 3.05) is 17.2 Å². The van der Waals surface area contributed by atoms with Crippen LogP contribution in [0.5, 0.6) is 0 Å². The summed E-state index contributed by atoms with van der Waals surface area (Å²) >= 11 is 6.06. The lowest BCUT2D eigenvalue weighted by atomic mass is 10.2.